The molecule has 0 spiro atoms. The molecule has 1 aromatic carbocycles. The Kier molecular flexibility index (Phi) is 2.71. The van der Waals surface area contributed by atoms with Crippen LogP contribution in [0.1, 0.15) is 25.2 Å². The van der Waals surface area contributed by atoms with Gasteiger partial charge in [-0.1, -0.05) is 0 Å². The topological polar surface area (TPSA) is 29.9 Å². The van der Waals surface area contributed by atoms with Crippen molar-refractivity contribution in [3.05, 3.63) is 41.6 Å². The Balaban J connectivity index is 2.07. The van der Waals surface area contributed by atoms with Crippen molar-refractivity contribution in [2.45, 2.75) is 32.9 Å². The van der Waals surface area contributed by atoms with Gasteiger partial charge in [0.15, 0.2) is 0 Å². The summed E-state index contributed by atoms with van der Waals surface area (Å²) in [5.41, 5.74) is 2.42. The Hall–Kier alpha value is -1.68. The first-order valence-electron chi connectivity index (χ1n) is 6.56. The summed E-state index contributed by atoms with van der Waals surface area (Å²) in [6, 6.07) is 5.15. The number of nitrogens with zero attached hydrogens (tertiary/aromatic N) is 2. The average Bonchev–Trinajstić information content (AvgIpc) is 2.78. The number of benzene rings is 1. The fourth-order valence-corrected chi connectivity index (χ4v) is 2.60. The van der Waals surface area contributed by atoms with Crippen molar-refractivity contribution < 1.29 is 4.39 Å². The molecule has 0 fully saturated rings. The minimum atomic E-state index is -0.172. The number of halogens is 1. The standard InChI is InChI=1S/C15H18FN3/c1-10-8-11(4-5-12(10)16)13-9-19-7-6-17-15(2,3)14(19)18-13/h4-5,8-9,17H,6-7H2,1-3H3. The van der Waals surface area contributed by atoms with Crippen molar-refractivity contribution >= 4 is 0 Å². The summed E-state index contributed by atoms with van der Waals surface area (Å²) in [6.07, 6.45) is 2.06. The molecule has 0 amide bonds. The number of hydrogen-bond acceptors (Lipinski definition) is 2. The van der Waals surface area contributed by atoms with Gasteiger partial charge in [0, 0.05) is 24.8 Å². The molecule has 1 aliphatic heterocycles. The quantitative estimate of drug-likeness (QED) is 0.853. The zero-order chi connectivity index (χ0) is 13.6. The monoisotopic (exact) mass is 259 g/mol. The zero-order valence-electron chi connectivity index (χ0n) is 11.5. The molecule has 0 saturated heterocycles. The van der Waals surface area contributed by atoms with Gasteiger partial charge in [-0.25, -0.2) is 9.37 Å². The molecule has 0 radical (unpaired) electrons. The van der Waals surface area contributed by atoms with Gasteiger partial charge in [0.25, 0.3) is 0 Å². The lowest BCUT2D eigenvalue weighted by atomic mass is 10.0. The van der Waals surface area contributed by atoms with Gasteiger partial charge in [-0.3, -0.25) is 0 Å². The molecule has 3 rings (SSSR count). The smallest absolute Gasteiger partial charge is 0.129 e. The number of rotatable bonds is 1. The van der Waals surface area contributed by atoms with Crippen LogP contribution in [0.5, 0.6) is 0 Å². The van der Waals surface area contributed by atoms with E-state index in [4.69, 9.17) is 4.98 Å². The molecule has 2 aromatic rings. The number of aromatic nitrogens is 2. The summed E-state index contributed by atoms with van der Waals surface area (Å²) in [5.74, 6) is 0.866. The molecule has 0 unspecified atom stereocenters. The van der Waals surface area contributed by atoms with Gasteiger partial charge in [0.05, 0.1) is 11.2 Å². The van der Waals surface area contributed by atoms with Gasteiger partial charge in [-0.2, -0.15) is 0 Å². The Bertz CT molecular complexity index is 628. The largest absolute Gasteiger partial charge is 0.331 e. The van der Waals surface area contributed by atoms with E-state index < -0.39 is 0 Å². The average molecular weight is 259 g/mol. The van der Waals surface area contributed by atoms with E-state index in [9.17, 15) is 4.39 Å². The number of imidazole rings is 1. The summed E-state index contributed by atoms with van der Waals surface area (Å²) in [7, 11) is 0. The molecule has 4 heteroatoms. The molecule has 0 aliphatic carbocycles. The van der Waals surface area contributed by atoms with E-state index >= 15 is 0 Å². The second kappa shape index (κ2) is 4.17. The molecule has 0 bridgehead atoms. The Morgan fingerprint density at radius 2 is 2.16 bits per heavy atom. The molecule has 19 heavy (non-hydrogen) atoms. The maximum Gasteiger partial charge on any atom is 0.129 e. The fraction of sp³-hybridized carbons (Fsp3) is 0.400. The van der Waals surface area contributed by atoms with E-state index in [1.54, 1.807) is 13.0 Å². The second-order valence-corrected chi connectivity index (χ2v) is 5.66. The first kappa shape index (κ1) is 12.4. The molecule has 1 N–H and O–H groups in total. The van der Waals surface area contributed by atoms with Crippen molar-refractivity contribution in [3.63, 3.8) is 0 Å². The van der Waals surface area contributed by atoms with Gasteiger partial charge < -0.3 is 9.88 Å². The molecule has 3 nitrogen and oxygen atoms in total. The van der Waals surface area contributed by atoms with Crippen molar-refractivity contribution in [2.75, 3.05) is 6.54 Å². The highest BCUT2D eigenvalue weighted by Gasteiger charge is 2.29. The highest BCUT2D eigenvalue weighted by molar-refractivity contribution is 5.60. The number of fused-ring (bicyclic) bond motifs is 1. The Labute approximate surface area is 112 Å². The van der Waals surface area contributed by atoms with Crippen LogP contribution in [0.15, 0.2) is 24.4 Å². The van der Waals surface area contributed by atoms with Gasteiger partial charge >= 0.3 is 0 Å². The minimum absolute atomic E-state index is 0.119. The zero-order valence-corrected chi connectivity index (χ0v) is 11.5. The van der Waals surface area contributed by atoms with Gasteiger partial charge in [0.1, 0.15) is 11.6 Å². The lowest BCUT2D eigenvalue weighted by molar-refractivity contribution is 0.316. The maximum absolute atomic E-state index is 13.3. The third-order valence-corrected chi connectivity index (χ3v) is 3.71. The van der Waals surface area contributed by atoms with Crippen LogP contribution in [0.4, 0.5) is 4.39 Å². The molecule has 1 aromatic heterocycles. The molecular formula is C15H18FN3. The molecule has 0 saturated carbocycles. The Morgan fingerprint density at radius 1 is 1.37 bits per heavy atom. The van der Waals surface area contributed by atoms with E-state index in [1.165, 1.54) is 6.07 Å². The summed E-state index contributed by atoms with van der Waals surface area (Å²) in [6.45, 7) is 7.90. The van der Waals surface area contributed by atoms with Gasteiger partial charge in [0.2, 0.25) is 0 Å². The number of hydrogen-bond donors (Lipinski definition) is 1. The van der Waals surface area contributed by atoms with E-state index in [0.717, 1.165) is 30.2 Å². The maximum atomic E-state index is 13.3. The van der Waals surface area contributed by atoms with Crippen LogP contribution in [0.2, 0.25) is 0 Å². The lowest BCUT2D eigenvalue weighted by Crippen LogP contribution is -2.45. The third kappa shape index (κ3) is 2.06. The minimum Gasteiger partial charge on any atom is -0.331 e. The van der Waals surface area contributed by atoms with Crippen LogP contribution in [0, 0.1) is 12.7 Å². The molecule has 100 valence electrons. The normalized spacial score (nSPS) is 17.3. The number of aryl methyl sites for hydroxylation is 1. The lowest BCUT2D eigenvalue weighted by Gasteiger charge is -2.31. The first-order valence-corrected chi connectivity index (χ1v) is 6.56. The second-order valence-electron chi connectivity index (χ2n) is 5.66. The predicted molar refractivity (Wildman–Crippen MR) is 73.4 cm³/mol. The highest BCUT2D eigenvalue weighted by Crippen LogP contribution is 2.27. The fourth-order valence-electron chi connectivity index (χ4n) is 2.60. The van der Waals surface area contributed by atoms with Gasteiger partial charge in [-0.05, 0) is 44.5 Å². The van der Waals surface area contributed by atoms with Crippen LogP contribution in [-0.4, -0.2) is 16.1 Å². The number of nitrogens with one attached hydrogen (secondary N) is 1. The highest BCUT2D eigenvalue weighted by atomic mass is 19.1. The van der Waals surface area contributed by atoms with Gasteiger partial charge in [-0.15, -0.1) is 0 Å². The van der Waals surface area contributed by atoms with E-state index in [-0.39, 0.29) is 11.4 Å². The summed E-state index contributed by atoms with van der Waals surface area (Å²) in [5, 5.41) is 3.46. The summed E-state index contributed by atoms with van der Waals surface area (Å²) >= 11 is 0. The van der Waals surface area contributed by atoms with Crippen LogP contribution in [0.3, 0.4) is 0 Å². The predicted octanol–water partition coefficient (Wildman–Crippen LogP) is 2.84. The Morgan fingerprint density at radius 3 is 2.84 bits per heavy atom. The third-order valence-electron chi connectivity index (χ3n) is 3.71. The van der Waals surface area contributed by atoms with Crippen LogP contribution >= 0.6 is 0 Å². The SMILES string of the molecule is Cc1cc(-c2cn3c(n2)C(C)(C)NCC3)ccc1F. The van der Waals surface area contributed by atoms with Crippen molar-refractivity contribution in [1.82, 2.24) is 14.9 Å². The molecule has 1 aliphatic rings. The first-order chi connectivity index (χ1) is 8.97. The summed E-state index contributed by atoms with van der Waals surface area (Å²) in [4.78, 5) is 4.72. The van der Waals surface area contributed by atoms with E-state index in [0.29, 0.717) is 5.56 Å². The molecular weight excluding hydrogens is 241 g/mol. The van der Waals surface area contributed by atoms with E-state index in [1.807, 2.05) is 6.07 Å². The van der Waals surface area contributed by atoms with E-state index in [2.05, 4.69) is 29.9 Å². The van der Waals surface area contributed by atoms with Crippen molar-refractivity contribution in [1.29, 1.82) is 0 Å². The van der Waals surface area contributed by atoms with Crippen molar-refractivity contribution in [2.24, 2.45) is 0 Å². The van der Waals surface area contributed by atoms with Crippen LogP contribution in [0.25, 0.3) is 11.3 Å². The molecule has 0 atom stereocenters. The van der Waals surface area contributed by atoms with Crippen molar-refractivity contribution in [3.8, 4) is 11.3 Å². The van der Waals surface area contributed by atoms with Crippen LogP contribution < -0.4 is 5.32 Å². The molecule has 2 heterocycles. The summed E-state index contributed by atoms with van der Waals surface area (Å²) < 4.78 is 15.5. The van der Waals surface area contributed by atoms with Crippen LogP contribution in [-0.2, 0) is 12.1 Å².